The summed E-state index contributed by atoms with van der Waals surface area (Å²) in [4.78, 5) is 2.25. The summed E-state index contributed by atoms with van der Waals surface area (Å²) in [5, 5.41) is 10.3. The van der Waals surface area contributed by atoms with E-state index in [0.717, 1.165) is 24.8 Å². The van der Waals surface area contributed by atoms with Gasteiger partial charge in [-0.3, -0.25) is 0 Å². The van der Waals surface area contributed by atoms with Crippen molar-refractivity contribution < 1.29 is 5.11 Å². The van der Waals surface area contributed by atoms with Gasteiger partial charge >= 0.3 is 0 Å². The Morgan fingerprint density at radius 2 is 1.72 bits per heavy atom. The van der Waals surface area contributed by atoms with Gasteiger partial charge in [0, 0.05) is 19.3 Å². The van der Waals surface area contributed by atoms with Gasteiger partial charge in [0.2, 0.25) is 0 Å². The highest BCUT2D eigenvalue weighted by Gasteiger charge is 2.07. The van der Waals surface area contributed by atoms with Crippen LogP contribution in [0.25, 0.3) is 0 Å². The molecule has 0 aliphatic heterocycles. The van der Waals surface area contributed by atoms with Gasteiger partial charge in [0.05, 0.1) is 6.10 Å². The van der Waals surface area contributed by atoms with Crippen molar-refractivity contribution in [3.63, 3.8) is 0 Å². The van der Waals surface area contributed by atoms with Gasteiger partial charge in [-0.2, -0.15) is 0 Å². The first kappa shape index (κ1) is 13.9. The van der Waals surface area contributed by atoms with E-state index < -0.39 is 6.10 Å². The lowest BCUT2D eigenvalue weighted by Gasteiger charge is -2.09. The topological polar surface area (TPSA) is 20.2 Å². The van der Waals surface area contributed by atoms with Gasteiger partial charge < -0.3 is 5.11 Å². The van der Waals surface area contributed by atoms with Gasteiger partial charge in [-0.05, 0) is 48.9 Å². The second-order valence-electron chi connectivity index (χ2n) is 3.92. The van der Waals surface area contributed by atoms with Crippen molar-refractivity contribution in [1.29, 1.82) is 0 Å². The van der Waals surface area contributed by atoms with Crippen LogP contribution in [-0.4, -0.2) is 5.11 Å². The normalized spacial score (nSPS) is 12.4. The minimum atomic E-state index is -0.464. The van der Waals surface area contributed by atoms with Crippen molar-refractivity contribution in [1.82, 2.24) is 0 Å². The summed E-state index contributed by atoms with van der Waals surface area (Å²) >= 11 is 11.0. The molecule has 2 aromatic rings. The highest BCUT2D eigenvalue weighted by Crippen LogP contribution is 2.33. The van der Waals surface area contributed by atoms with Crippen LogP contribution >= 0.6 is 39.3 Å². The van der Waals surface area contributed by atoms with Crippen LogP contribution in [0.15, 0.2) is 56.7 Å². The maximum absolute atomic E-state index is 9.56. The summed E-state index contributed by atoms with van der Waals surface area (Å²) in [5.41, 5.74) is 0.899. The number of halogens is 2. The molecule has 18 heavy (non-hydrogen) atoms. The van der Waals surface area contributed by atoms with E-state index in [2.05, 4.69) is 15.9 Å². The van der Waals surface area contributed by atoms with Crippen LogP contribution < -0.4 is 0 Å². The van der Waals surface area contributed by atoms with Gasteiger partial charge in [0.1, 0.15) is 0 Å². The van der Waals surface area contributed by atoms with Crippen LogP contribution in [0, 0.1) is 0 Å². The third kappa shape index (κ3) is 3.51. The zero-order chi connectivity index (χ0) is 13.1. The van der Waals surface area contributed by atoms with E-state index in [4.69, 9.17) is 11.6 Å². The lowest BCUT2D eigenvalue weighted by Crippen LogP contribution is -1.92. The van der Waals surface area contributed by atoms with Gasteiger partial charge in [-0.15, -0.1) is 0 Å². The van der Waals surface area contributed by atoms with E-state index in [-0.39, 0.29) is 0 Å². The predicted octanol–water partition coefficient (Wildman–Crippen LogP) is 5.31. The molecule has 0 aliphatic rings. The quantitative estimate of drug-likeness (QED) is 0.815. The molecule has 0 bridgehead atoms. The van der Waals surface area contributed by atoms with Crippen molar-refractivity contribution in [2.45, 2.75) is 22.8 Å². The molecule has 1 N–H and O–H groups in total. The number of hydrogen-bond donors (Lipinski definition) is 1. The molecule has 94 valence electrons. The molecule has 0 fully saturated rings. The molecule has 0 heterocycles. The van der Waals surface area contributed by atoms with Crippen molar-refractivity contribution in [3.8, 4) is 0 Å². The Kier molecular flexibility index (Phi) is 4.73. The summed E-state index contributed by atoms with van der Waals surface area (Å²) in [6.45, 7) is 1.76. The summed E-state index contributed by atoms with van der Waals surface area (Å²) in [5.74, 6) is 0. The first-order valence-corrected chi connectivity index (χ1v) is 7.46. The lowest BCUT2D eigenvalue weighted by atomic mass is 10.1. The Morgan fingerprint density at radius 3 is 2.28 bits per heavy atom. The Hall–Kier alpha value is -0.480. The minimum absolute atomic E-state index is 0.464. The Bertz CT molecular complexity index is 540. The van der Waals surface area contributed by atoms with Crippen LogP contribution in [0.1, 0.15) is 18.6 Å². The molecule has 0 aliphatic carbocycles. The number of benzene rings is 2. The van der Waals surface area contributed by atoms with Crippen LogP contribution in [-0.2, 0) is 0 Å². The molecule has 1 atom stereocenters. The SMILES string of the molecule is C[C@@H](O)c1ccc(Sc2ccc(Cl)cc2)cc1Br. The second-order valence-corrected chi connectivity index (χ2v) is 6.35. The summed E-state index contributed by atoms with van der Waals surface area (Å²) in [7, 11) is 0. The summed E-state index contributed by atoms with van der Waals surface area (Å²) in [6.07, 6.45) is -0.464. The second kappa shape index (κ2) is 6.11. The largest absolute Gasteiger partial charge is 0.389 e. The van der Waals surface area contributed by atoms with E-state index in [0.29, 0.717) is 0 Å². The highest BCUT2D eigenvalue weighted by molar-refractivity contribution is 9.10. The molecule has 0 saturated heterocycles. The number of aliphatic hydroxyl groups excluding tert-OH is 1. The van der Waals surface area contributed by atoms with Crippen LogP contribution in [0.2, 0.25) is 5.02 Å². The predicted molar refractivity (Wildman–Crippen MR) is 80.4 cm³/mol. The third-order valence-corrected chi connectivity index (χ3v) is 4.41. The summed E-state index contributed by atoms with van der Waals surface area (Å²) in [6, 6.07) is 13.7. The highest BCUT2D eigenvalue weighted by atomic mass is 79.9. The van der Waals surface area contributed by atoms with Gasteiger partial charge in [0.15, 0.2) is 0 Å². The standard InChI is InChI=1S/C14H12BrClOS/c1-9(17)13-7-6-12(8-14(13)15)18-11-4-2-10(16)3-5-11/h2-9,17H,1H3/t9-/m1/s1. The average Bonchev–Trinajstić information content (AvgIpc) is 2.32. The van der Waals surface area contributed by atoms with E-state index >= 15 is 0 Å². The number of rotatable bonds is 3. The van der Waals surface area contributed by atoms with E-state index in [1.807, 2.05) is 42.5 Å². The molecule has 0 amide bonds. The van der Waals surface area contributed by atoms with E-state index in [1.165, 1.54) is 0 Å². The molecule has 0 radical (unpaired) electrons. The van der Waals surface area contributed by atoms with E-state index in [1.54, 1.807) is 18.7 Å². The Labute approximate surface area is 124 Å². The summed E-state index contributed by atoms with van der Waals surface area (Å²) < 4.78 is 0.927. The molecular formula is C14H12BrClOS. The van der Waals surface area contributed by atoms with Crippen LogP contribution in [0.3, 0.4) is 0 Å². The molecule has 0 unspecified atom stereocenters. The Morgan fingerprint density at radius 1 is 1.11 bits per heavy atom. The molecule has 0 spiro atoms. The van der Waals surface area contributed by atoms with Crippen LogP contribution in [0.4, 0.5) is 0 Å². The first-order chi connectivity index (χ1) is 8.56. The fourth-order valence-electron chi connectivity index (χ4n) is 1.55. The van der Waals surface area contributed by atoms with Crippen molar-refractivity contribution in [2.75, 3.05) is 0 Å². The monoisotopic (exact) mass is 342 g/mol. The zero-order valence-corrected chi connectivity index (χ0v) is 12.9. The molecular weight excluding hydrogens is 332 g/mol. The van der Waals surface area contributed by atoms with Crippen LogP contribution in [0.5, 0.6) is 0 Å². The lowest BCUT2D eigenvalue weighted by molar-refractivity contribution is 0.198. The Balaban J connectivity index is 2.20. The number of aliphatic hydroxyl groups is 1. The molecule has 1 nitrogen and oxygen atoms in total. The fraction of sp³-hybridized carbons (Fsp3) is 0.143. The van der Waals surface area contributed by atoms with Gasteiger partial charge in [0.25, 0.3) is 0 Å². The average molecular weight is 344 g/mol. The molecule has 4 heteroatoms. The molecule has 2 rings (SSSR count). The molecule has 0 saturated carbocycles. The smallest absolute Gasteiger partial charge is 0.0772 e. The zero-order valence-electron chi connectivity index (χ0n) is 9.73. The van der Waals surface area contributed by atoms with Gasteiger partial charge in [-0.1, -0.05) is 45.4 Å². The maximum atomic E-state index is 9.56. The van der Waals surface area contributed by atoms with Crippen molar-refractivity contribution in [3.05, 3.63) is 57.5 Å². The fourth-order valence-corrected chi connectivity index (χ4v) is 3.39. The minimum Gasteiger partial charge on any atom is -0.389 e. The van der Waals surface area contributed by atoms with Crippen molar-refractivity contribution >= 4 is 39.3 Å². The van der Waals surface area contributed by atoms with Crippen molar-refractivity contribution in [2.24, 2.45) is 0 Å². The number of hydrogen-bond acceptors (Lipinski definition) is 2. The molecule has 0 aromatic heterocycles. The molecule has 2 aromatic carbocycles. The van der Waals surface area contributed by atoms with E-state index in [9.17, 15) is 5.11 Å². The van der Waals surface area contributed by atoms with Gasteiger partial charge in [-0.25, -0.2) is 0 Å². The first-order valence-electron chi connectivity index (χ1n) is 5.47. The maximum Gasteiger partial charge on any atom is 0.0772 e. The third-order valence-electron chi connectivity index (χ3n) is 2.47.